The maximum absolute atomic E-state index is 11.8. The minimum Gasteiger partial charge on any atom is -0.354 e. The Hall–Kier alpha value is -1.89. The number of hydrogen-bond acceptors (Lipinski definition) is 3. The molecule has 0 aliphatic heterocycles. The highest BCUT2D eigenvalue weighted by atomic mass is 79.9. The van der Waals surface area contributed by atoms with Crippen molar-refractivity contribution in [2.24, 2.45) is 11.8 Å². The molecule has 0 saturated carbocycles. The van der Waals surface area contributed by atoms with Crippen molar-refractivity contribution in [2.45, 2.75) is 27.2 Å². The van der Waals surface area contributed by atoms with Gasteiger partial charge >= 0.3 is 6.03 Å². The Morgan fingerprint density at radius 2 is 1.71 bits per heavy atom. The van der Waals surface area contributed by atoms with Gasteiger partial charge in [0.25, 0.3) is 0 Å². The maximum Gasteiger partial charge on any atom is 0.319 e. The number of benzene rings is 1. The summed E-state index contributed by atoms with van der Waals surface area (Å²) < 4.78 is 0.911. The van der Waals surface area contributed by atoms with Gasteiger partial charge in [-0.1, -0.05) is 29.8 Å². The van der Waals surface area contributed by atoms with E-state index in [1.165, 1.54) is 6.92 Å². The third-order valence-corrected chi connectivity index (χ3v) is 3.92. The van der Waals surface area contributed by atoms with Crippen molar-refractivity contribution in [1.29, 1.82) is 0 Å². The molecule has 3 amide bonds. The lowest BCUT2D eigenvalue weighted by atomic mass is 9.94. The fourth-order valence-corrected chi connectivity index (χ4v) is 2.39. The minimum absolute atomic E-state index is 0.0601. The zero-order valence-corrected chi connectivity index (χ0v) is 15.8. The standard InChI is InChI=1S/C17H24BrN3O3/c1-11(2)8-13(12(3)22)9-19-16(23)10-20-17(24)21-15-6-4-14(18)5-7-15/h4-7,11,13H,8-10H2,1-3H3,(H,19,23)(H2,20,21,24). The summed E-state index contributed by atoms with van der Waals surface area (Å²) in [6.45, 7) is 5.75. The van der Waals surface area contributed by atoms with Gasteiger partial charge in [0.05, 0.1) is 6.54 Å². The highest BCUT2D eigenvalue weighted by Gasteiger charge is 2.17. The van der Waals surface area contributed by atoms with Crippen LogP contribution < -0.4 is 16.0 Å². The molecular weight excluding hydrogens is 374 g/mol. The number of Topliss-reactive ketones (excluding diaryl/α,β-unsaturated/α-hetero) is 1. The molecule has 24 heavy (non-hydrogen) atoms. The molecule has 1 aromatic carbocycles. The van der Waals surface area contributed by atoms with Gasteiger partial charge in [-0.15, -0.1) is 0 Å². The number of urea groups is 1. The lowest BCUT2D eigenvalue weighted by molar-refractivity contribution is -0.122. The summed E-state index contributed by atoms with van der Waals surface area (Å²) in [5, 5.41) is 7.80. The topological polar surface area (TPSA) is 87.3 Å². The first-order valence-electron chi connectivity index (χ1n) is 7.85. The quantitative estimate of drug-likeness (QED) is 0.629. The molecule has 3 N–H and O–H groups in total. The Morgan fingerprint density at radius 3 is 2.25 bits per heavy atom. The van der Waals surface area contributed by atoms with E-state index in [1.807, 2.05) is 13.8 Å². The van der Waals surface area contributed by atoms with Crippen LogP contribution in [0, 0.1) is 11.8 Å². The summed E-state index contributed by atoms with van der Waals surface area (Å²) in [6.07, 6.45) is 0.729. The Balaban J connectivity index is 2.33. The maximum atomic E-state index is 11.8. The van der Waals surface area contributed by atoms with Gasteiger partial charge in [0, 0.05) is 22.6 Å². The number of rotatable bonds is 8. The second-order valence-electron chi connectivity index (χ2n) is 6.06. The van der Waals surface area contributed by atoms with Crippen molar-refractivity contribution in [3.8, 4) is 0 Å². The van der Waals surface area contributed by atoms with Crippen molar-refractivity contribution in [1.82, 2.24) is 10.6 Å². The molecule has 132 valence electrons. The number of nitrogens with one attached hydrogen (secondary N) is 3. The van der Waals surface area contributed by atoms with E-state index < -0.39 is 6.03 Å². The van der Waals surface area contributed by atoms with Crippen LogP contribution in [0.4, 0.5) is 10.5 Å². The summed E-state index contributed by atoms with van der Waals surface area (Å²) in [5.74, 6) is -0.0722. The predicted molar refractivity (Wildman–Crippen MR) is 97.8 cm³/mol. The van der Waals surface area contributed by atoms with Crippen molar-refractivity contribution in [3.05, 3.63) is 28.7 Å². The SMILES string of the molecule is CC(=O)C(CNC(=O)CNC(=O)Nc1ccc(Br)cc1)CC(C)C. The van der Waals surface area contributed by atoms with Crippen molar-refractivity contribution in [2.75, 3.05) is 18.4 Å². The third kappa shape index (κ3) is 8.10. The smallest absolute Gasteiger partial charge is 0.319 e. The Morgan fingerprint density at radius 1 is 1.08 bits per heavy atom. The van der Waals surface area contributed by atoms with Gasteiger partial charge in [-0.05, 0) is 43.5 Å². The fraction of sp³-hybridized carbons (Fsp3) is 0.471. The van der Waals surface area contributed by atoms with Crippen molar-refractivity contribution in [3.63, 3.8) is 0 Å². The van der Waals surface area contributed by atoms with Crippen LogP contribution in [-0.2, 0) is 9.59 Å². The van der Waals surface area contributed by atoms with Gasteiger partial charge in [0.15, 0.2) is 0 Å². The van der Waals surface area contributed by atoms with Gasteiger partial charge in [0.2, 0.25) is 5.91 Å². The first-order chi connectivity index (χ1) is 11.3. The zero-order valence-electron chi connectivity index (χ0n) is 14.2. The average molecular weight is 398 g/mol. The first-order valence-corrected chi connectivity index (χ1v) is 8.64. The van der Waals surface area contributed by atoms with Gasteiger partial charge in [-0.2, -0.15) is 0 Å². The molecule has 0 aliphatic carbocycles. The molecule has 1 aromatic rings. The van der Waals surface area contributed by atoms with E-state index in [0.717, 1.165) is 10.9 Å². The van der Waals surface area contributed by atoms with Crippen molar-refractivity contribution >= 4 is 39.3 Å². The van der Waals surface area contributed by atoms with Crippen LogP contribution >= 0.6 is 15.9 Å². The van der Waals surface area contributed by atoms with Crippen LogP contribution in [-0.4, -0.2) is 30.8 Å². The van der Waals surface area contributed by atoms with E-state index in [9.17, 15) is 14.4 Å². The molecular formula is C17H24BrN3O3. The zero-order chi connectivity index (χ0) is 18.1. The summed E-state index contributed by atoms with van der Waals surface area (Å²) >= 11 is 3.31. The molecule has 0 saturated heterocycles. The molecule has 6 nitrogen and oxygen atoms in total. The van der Waals surface area contributed by atoms with Gasteiger partial charge < -0.3 is 16.0 Å². The fourth-order valence-electron chi connectivity index (χ4n) is 2.13. The number of amides is 3. The van der Waals surface area contributed by atoms with Gasteiger partial charge in [-0.3, -0.25) is 9.59 Å². The van der Waals surface area contributed by atoms with E-state index in [4.69, 9.17) is 0 Å². The molecule has 7 heteroatoms. The van der Waals surface area contributed by atoms with Crippen LogP contribution in [0.25, 0.3) is 0 Å². The van der Waals surface area contributed by atoms with Crippen LogP contribution in [0.5, 0.6) is 0 Å². The Labute approximate surface area is 150 Å². The predicted octanol–water partition coefficient (Wildman–Crippen LogP) is 2.94. The Bertz CT molecular complexity index is 573. The first kappa shape index (κ1) is 20.2. The highest BCUT2D eigenvalue weighted by Crippen LogP contribution is 2.14. The summed E-state index contributed by atoms with van der Waals surface area (Å²) in [7, 11) is 0. The third-order valence-electron chi connectivity index (χ3n) is 3.39. The van der Waals surface area contributed by atoms with Crippen LogP contribution in [0.15, 0.2) is 28.7 Å². The number of carbonyl (C=O) groups excluding carboxylic acids is 3. The lowest BCUT2D eigenvalue weighted by Gasteiger charge is -2.17. The van der Waals surface area contributed by atoms with Gasteiger partial charge in [-0.25, -0.2) is 4.79 Å². The Kier molecular flexibility index (Phi) is 8.46. The highest BCUT2D eigenvalue weighted by molar-refractivity contribution is 9.10. The number of carbonyl (C=O) groups is 3. The van der Waals surface area contributed by atoms with E-state index in [0.29, 0.717) is 18.2 Å². The lowest BCUT2D eigenvalue weighted by Crippen LogP contribution is -2.41. The molecule has 0 aromatic heterocycles. The normalized spacial score (nSPS) is 11.7. The van der Waals surface area contributed by atoms with Gasteiger partial charge in [0.1, 0.15) is 5.78 Å². The van der Waals surface area contributed by atoms with Crippen LogP contribution in [0.3, 0.4) is 0 Å². The average Bonchev–Trinajstić information content (AvgIpc) is 2.51. The molecule has 1 atom stereocenters. The largest absolute Gasteiger partial charge is 0.354 e. The van der Waals surface area contributed by atoms with E-state index in [2.05, 4.69) is 31.9 Å². The molecule has 0 heterocycles. The van der Waals surface area contributed by atoms with Crippen molar-refractivity contribution < 1.29 is 14.4 Å². The number of anilines is 1. The summed E-state index contributed by atoms with van der Waals surface area (Å²) in [6, 6.07) is 6.63. The number of halogens is 1. The monoisotopic (exact) mass is 397 g/mol. The van der Waals surface area contributed by atoms with E-state index in [1.54, 1.807) is 24.3 Å². The number of ketones is 1. The second kappa shape index (κ2) is 10.1. The van der Waals surface area contributed by atoms with Crippen LogP contribution in [0.1, 0.15) is 27.2 Å². The van der Waals surface area contributed by atoms with Crippen LogP contribution in [0.2, 0.25) is 0 Å². The number of hydrogen-bond donors (Lipinski definition) is 3. The molecule has 0 aliphatic rings. The molecule has 1 unspecified atom stereocenters. The molecule has 0 radical (unpaired) electrons. The molecule has 0 fully saturated rings. The minimum atomic E-state index is -0.460. The van der Waals surface area contributed by atoms with E-state index >= 15 is 0 Å². The van der Waals surface area contributed by atoms with E-state index in [-0.39, 0.29) is 24.2 Å². The summed E-state index contributed by atoms with van der Waals surface area (Å²) in [5.41, 5.74) is 0.629. The summed E-state index contributed by atoms with van der Waals surface area (Å²) in [4.78, 5) is 35.1. The molecule has 0 spiro atoms. The molecule has 1 rings (SSSR count). The second-order valence-corrected chi connectivity index (χ2v) is 6.97. The molecule has 0 bridgehead atoms.